The van der Waals surface area contributed by atoms with E-state index in [2.05, 4.69) is 29.2 Å². The third kappa shape index (κ3) is 4.22. The summed E-state index contributed by atoms with van der Waals surface area (Å²) in [6.07, 6.45) is 0. The van der Waals surface area contributed by atoms with E-state index in [4.69, 9.17) is 10.5 Å². The van der Waals surface area contributed by atoms with Gasteiger partial charge >= 0.3 is 5.97 Å². The first-order valence-electron chi connectivity index (χ1n) is 8.48. The molecule has 3 aromatic rings. The number of hydrogen-bond donors (Lipinski definition) is 1. The van der Waals surface area contributed by atoms with E-state index in [-0.39, 0.29) is 5.97 Å². The van der Waals surface area contributed by atoms with Crippen molar-refractivity contribution in [2.24, 2.45) is 0 Å². The Labute approximate surface area is 153 Å². The van der Waals surface area contributed by atoms with E-state index in [0.717, 1.165) is 5.69 Å². The zero-order valence-corrected chi connectivity index (χ0v) is 14.8. The number of nitrogens with zero attached hydrogens (tertiary/aromatic N) is 1. The van der Waals surface area contributed by atoms with Gasteiger partial charge in [0.1, 0.15) is 0 Å². The molecule has 0 aliphatic rings. The molecular formula is C22H22N2O2. The minimum atomic E-state index is -0.370. The third-order valence-electron chi connectivity index (χ3n) is 4.22. The van der Waals surface area contributed by atoms with Crippen molar-refractivity contribution in [1.82, 2.24) is 0 Å². The highest BCUT2D eigenvalue weighted by atomic mass is 16.5. The Hall–Kier alpha value is -3.27. The summed E-state index contributed by atoms with van der Waals surface area (Å²) in [5.74, 6) is -0.370. The van der Waals surface area contributed by atoms with Gasteiger partial charge in [-0.25, -0.2) is 4.79 Å². The standard InChI is InChI=1S/C22H22N2O2/c1-26-22(25)19-12-13-20(23)21(14-19)24(15-17-8-4-2-5-9-17)16-18-10-6-3-7-11-18/h2-14H,15-16,23H2,1H3. The number of ether oxygens (including phenoxy) is 1. The van der Waals surface area contributed by atoms with Crippen LogP contribution in [0, 0.1) is 0 Å². The maximum atomic E-state index is 11.9. The van der Waals surface area contributed by atoms with E-state index in [1.807, 2.05) is 36.4 Å². The largest absolute Gasteiger partial charge is 0.465 e. The third-order valence-corrected chi connectivity index (χ3v) is 4.22. The number of hydrogen-bond acceptors (Lipinski definition) is 4. The Morgan fingerprint density at radius 1 is 0.885 bits per heavy atom. The summed E-state index contributed by atoms with van der Waals surface area (Å²) in [5, 5.41) is 0. The first kappa shape index (κ1) is 17.5. The van der Waals surface area contributed by atoms with Gasteiger partial charge in [0, 0.05) is 13.1 Å². The lowest BCUT2D eigenvalue weighted by atomic mass is 10.1. The number of methoxy groups -OCH3 is 1. The van der Waals surface area contributed by atoms with Gasteiger partial charge in [0.25, 0.3) is 0 Å². The van der Waals surface area contributed by atoms with Crippen LogP contribution < -0.4 is 10.6 Å². The average Bonchev–Trinajstić information content (AvgIpc) is 2.69. The SMILES string of the molecule is COC(=O)c1ccc(N)c(N(Cc2ccccc2)Cc2ccccc2)c1. The summed E-state index contributed by atoms with van der Waals surface area (Å²) in [5.41, 5.74) is 10.5. The number of carbonyl (C=O) groups is 1. The van der Waals surface area contributed by atoms with E-state index < -0.39 is 0 Å². The Kier molecular flexibility index (Phi) is 5.54. The predicted molar refractivity (Wildman–Crippen MR) is 105 cm³/mol. The van der Waals surface area contributed by atoms with Crippen molar-refractivity contribution in [2.45, 2.75) is 13.1 Å². The molecule has 0 aliphatic carbocycles. The predicted octanol–water partition coefficient (Wildman–Crippen LogP) is 4.26. The van der Waals surface area contributed by atoms with Crippen LogP contribution in [0.4, 0.5) is 11.4 Å². The van der Waals surface area contributed by atoms with E-state index in [1.54, 1.807) is 18.2 Å². The van der Waals surface area contributed by atoms with Crippen molar-refractivity contribution in [3.8, 4) is 0 Å². The summed E-state index contributed by atoms with van der Waals surface area (Å²) < 4.78 is 4.85. The molecule has 0 fully saturated rings. The second-order valence-electron chi connectivity index (χ2n) is 6.09. The van der Waals surface area contributed by atoms with E-state index in [0.29, 0.717) is 24.3 Å². The van der Waals surface area contributed by atoms with E-state index >= 15 is 0 Å². The van der Waals surface area contributed by atoms with Crippen LogP contribution in [0.15, 0.2) is 78.9 Å². The lowest BCUT2D eigenvalue weighted by Gasteiger charge is -2.27. The lowest BCUT2D eigenvalue weighted by molar-refractivity contribution is 0.0601. The number of carbonyl (C=O) groups excluding carboxylic acids is 1. The smallest absolute Gasteiger partial charge is 0.337 e. The van der Waals surface area contributed by atoms with E-state index in [1.165, 1.54) is 18.2 Å². The molecule has 0 aromatic heterocycles. The van der Waals surface area contributed by atoms with Crippen molar-refractivity contribution in [1.29, 1.82) is 0 Å². The zero-order chi connectivity index (χ0) is 18.4. The lowest BCUT2D eigenvalue weighted by Crippen LogP contribution is -2.23. The molecule has 2 N–H and O–H groups in total. The zero-order valence-electron chi connectivity index (χ0n) is 14.8. The van der Waals surface area contributed by atoms with Crippen LogP contribution in [0.2, 0.25) is 0 Å². The molecule has 0 amide bonds. The number of rotatable bonds is 6. The average molecular weight is 346 g/mol. The molecule has 26 heavy (non-hydrogen) atoms. The molecule has 3 aromatic carbocycles. The van der Waals surface area contributed by atoms with Crippen LogP contribution in [0.25, 0.3) is 0 Å². The molecule has 0 saturated heterocycles. The summed E-state index contributed by atoms with van der Waals surface area (Å²) in [6, 6.07) is 25.6. The normalized spacial score (nSPS) is 10.3. The van der Waals surface area contributed by atoms with Gasteiger partial charge in [0.2, 0.25) is 0 Å². The van der Waals surface area contributed by atoms with Gasteiger partial charge in [0.15, 0.2) is 0 Å². The monoisotopic (exact) mass is 346 g/mol. The first-order chi connectivity index (χ1) is 12.7. The van der Waals surface area contributed by atoms with Gasteiger partial charge in [-0.2, -0.15) is 0 Å². The van der Waals surface area contributed by atoms with Crippen molar-refractivity contribution >= 4 is 17.3 Å². The molecule has 0 atom stereocenters. The number of anilines is 2. The van der Waals surface area contributed by atoms with Crippen molar-refractivity contribution in [3.05, 3.63) is 95.6 Å². The second kappa shape index (κ2) is 8.21. The minimum Gasteiger partial charge on any atom is -0.465 e. The highest BCUT2D eigenvalue weighted by molar-refractivity contribution is 5.92. The van der Waals surface area contributed by atoms with Gasteiger partial charge < -0.3 is 15.4 Å². The van der Waals surface area contributed by atoms with Crippen LogP contribution >= 0.6 is 0 Å². The summed E-state index contributed by atoms with van der Waals surface area (Å²) in [6.45, 7) is 1.37. The Balaban J connectivity index is 1.98. The number of benzene rings is 3. The summed E-state index contributed by atoms with van der Waals surface area (Å²) in [4.78, 5) is 14.1. The van der Waals surface area contributed by atoms with Crippen molar-refractivity contribution in [2.75, 3.05) is 17.7 Å². The molecule has 0 saturated carbocycles. The van der Waals surface area contributed by atoms with E-state index in [9.17, 15) is 4.79 Å². The van der Waals surface area contributed by atoms with Crippen LogP contribution in [-0.2, 0) is 17.8 Å². The van der Waals surface area contributed by atoms with Crippen LogP contribution in [0.3, 0.4) is 0 Å². The molecule has 0 spiro atoms. The Morgan fingerprint density at radius 3 is 1.92 bits per heavy atom. The Morgan fingerprint density at radius 2 is 1.42 bits per heavy atom. The molecule has 0 unspecified atom stereocenters. The number of nitrogen functional groups attached to an aromatic ring is 1. The summed E-state index contributed by atoms with van der Waals surface area (Å²) in [7, 11) is 1.38. The summed E-state index contributed by atoms with van der Waals surface area (Å²) >= 11 is 0. The highest BCUT2D eigenvalue weighted by Crippen LogP contribution is 2.28. The van der Waals surface area contributed by atoms with Gasteiger partial charge in [0.05, 0.1) is 24.0 Å². The quantitative estimate of drug-likeness (QED) is 0.535. The molecule has 4 nitrogen and oxygen atoms in total. The fourth-order valence-electron chi connectivity index (χ4n) is 2.90. The molecule has 0 bridgehead atoms. The highest BCUT2D eigenvalue weighted by Gasteiger charge is 2.15. The molecular weight excluding hydrogens is 324 g/mol. The van der Waals surface area contributed by atoms with Gasteiger partial charge in [-0.3, -0.25) is 0 Å². The number of esters is 1. The molecule has 132 valence electrons. The topological polar surface area (TPSA) is 55.6 Å². The molecule has 0 heterocycles. The molecule has 4 heteroatoms. The molecule has 0 radical (unpaired) electrons. The second-order valence-corrected chi connectivity index (χ2v) is 6.09. The molecule has 0 aliphatic heterocycles. The van der Waals surface area contributed by atoms with Crippen LogP contribution in [-0.4, -0.2) is 13.1 Å². The van der Waals surface area contributed by atoms with Crippen molar-refractivity contribution < 1.29 is 9.53 Å². The van der Waals surface area contributed by atoms with Gasteiger partial charge in [-0.05, 0) is 29.3 Å². The number of nitrogens with two attached hydrogens (primary N) is 1. The van der Waals surface area contributed by atoms with Gasteiger partial charge in [-0.15, -0.1) is 0 Å². The van der Waals surface area contributed by atoms with Crippen LogP contribution in [0.5, 0.6) is 0 Å². The minimum absolute atomic E-state index is 0.370. The van der Waals surface area contributed by atoms with Gasteiger partial charge in [-0.1, -0.05) is 60.7 Å². The molecule has 3 rings (SSSR count). The van der Waals surface area contributed by atoms with Crippen molar-refractivity contribution in [3.63, 3.8) is 0 Å². The fourth-order valence-corrected chi connectivity index (χ4v) is 2.90. The Bertz CT molecular complexity index is 822. The maximum absolute atomic E-state index is 11.9. The van der Waals surface area contributed by atoms with Crippen LogP contribution in [0.1, 0.15) is 21.5 Å². The maximum Gasteiger partial charge on any atom is 0.337 e. The first-order valence-corrected chi connectivity index (χ1v) is 8.48. The fraction of sp³-hybridized carbons (Fsp3) is 0.136.